The van der Waals surface area contributed by atoms with Gasteiger partial charge in [-0.25, -0.2) is 9.36 Å². The fraction of sp³-hybridized carbons (Fsp3) is 0.233. The van der Waals surface area contributed by atoms with E-state index in [0.717, 1.165) is 44.3 Å². The molecule has 2 heterocycles. The van der Waals surface area contributed by atoms with Gasteiger partial charge in [0.2, 0.25) is 0 Å². The predicted molar refractivity (Wildman–Crippen MR) is 140 cm³/mol. The number of hydrogen-bond donors (Lipinski definition) is 0. The Morgan fingerprint density at radius 2 is 1.50 bits per heavy atom. The van der Waals surface area contributed by atoms with E-state index < -0.39 is 5.60 Å². The van der Waals surface area contributed by atoms with E-state index in [1.54, 1.807) is 4.57 Å². The number of fused-ring (bicyclic) bond motifs is 2. The first kappa shape index (κ1) is 22.0. The zero-order valence-electron chi connectivity index (χ0n) is 20.6. The van der Waals surface area contributed by atoms with Gasteiger partial charge in [0, 0.05) is 28.9 Å². The van der Waals surface area contributed by atoms with Crippen molar-refractivity contribution in [3.05, 3.63) is 83.9 Å². The standard InChI is InChI=1S/C30H30N2O2/c1-19-11-14-21(15-12-19)28-27(23-17-20(2)13-16-25(23)31(28)6)26-18-22-9-7-8-10-24(22)32(26)29(33)34-30(3,4)5/h7-18H,1-6H3. The van der Waals surface area contributed by atoms with E-state index in [4.69, 9.17) is 4.74 Å². The lowest BCUT2D eigenvalue weighted by molar-refractivity contribution is 0.0547. The number of para-hydroxylation sites is 1. The summed E-state index contributed by atoms with van der Waals surface area (Å²) in [5.74, 6) is 0. The Hall–Kier alpha value is -3.79. The number of benzene rings is 3. The molecule has 0 aliphatic rings. The SMILES string of the molecule is Cc1ccc(-c2c(-c3cc4ccccc4n3C(=O)OC(C)(C)C)c3cc(C)ccc3n2C)cc1. The molecule has 0 atom stereocenters. The van der Waals surface area contributed by atoms with Gasteiger partial charge in [-0.2, -0.15) is 0 Å². The normalized spacial score (nSPS) is 11.9. The largest absolute Gasteiger partial charge is 0.443 e. The number of rotatable bonds is 2. The van der Waals surface area contributed by atoms with Gasteiger partial charge in [0.25, 0.3) is 0 Å². The van der Waals surface area contributed by atoms with Crippen molar-refractivity contribution in [1.29, 1.82) is 0 Å². The van der Waals surface area contributed by atoms with Gasteiger partial charge in [0.05, 0.1) is 16.9 Å². The summed E-state index contributed by atoms with van der Waals surface area (Å²) in [5.41, 5.74) is 7.80. The lowest BCUT2D eigenvalue weighted by Gasteiger charge is -2.21. The van der Waals surface area contributed by atoms with Crippen LogP contribution in [0.3, 0.4) is 0 Å². The van der Waals surface area contributed by atoms with Gasteiger partial charge in [-0.3, -0.25) is 0 Å². The first-order valence-corrected chi connectivity index (χ1v) is 11.6. The number of aromatic nitrogens is 2. The van der Waals surface area contributed by atoms with Crippen LogP contribution in [0.5, 0.6) is 0 Å². The third-order valence-electron chi connectivity index (χ3n) is 6.22. The highest BCUT2D eigenvalue weighted by Crippen LogP contribution is 2.43. The Balaban J connectivity index is 1.90. The van der Waals surface area contributed by atoms with Crippen LogP contribution in [0.4, 0.5) is 4.79 Å². The molecule has 0 spiro atoms. The van der Waals surface area contributed by atoms with Crippen LogP contribution < -0.4 is 0 Å². The summed E-state index contributed by atoms with van der Waals surface area (Å²) in [6, 6.07) is 25.2. The molecule has 172 valence electrons. The first-order chi connectivity index (χ1) is 16.1. The van der Waals surface area contributed by atoms with E-state index in [9.17, 15) is 4.79 Å². The van der Waals surface area contributed by atoms with Gasteiger partial charge in [0.15, 0.2) is 0 Å². The summed E-state index contributed by atoms with van der Waals surface area (Å²) in [6.07, 6.45) is -0.372. The van der Waals surface area contributed by atoms with E-state index in [0.29, 0.717) is 0 Å². The lowest BCUT2D eigenvalue weighted by Crippen LogP contribution is -2.27. The highest BCUT2D eigenvalue weighted by molar-refractivity contribution is 6.08. The molecule has 4 heteroatoms. The molecular formula is C30H30N2O2. The van der Waals surface area contributed by atoms with Crippen molar-refractivity contribution < 1.29 is 9.53 Å². The molecule has 0 aliphatic carbocycles. The second-order valence-electron chi connectivity index (χ2n) is 10.1. The zero-order chi connectivity index (χ0) is 24.2. The molecule has 34 heavy (non-hydrogen) atoms. The second-order valence-corrected chi connectivity index (χ2v) is 10.1. The Morgan fingerprint density at radius 1 is 0.824 bits per heavy atom. The Bertz CT molecular complexity index is 1540. The fourth-order valence-corrected chi connectivity index (χ4v) is 4.71. The fourth-order valence-electron chi connectivity index (χ4n) is 4.71. The van der Waals surface area contributed by atoms with Crippen molar-refractivity contribution in [3.63, 3.8) is 0 Å². The van der Waals surface area contributed by atoms with Crippen LogP contribution in [0.15, 0.2) is 72.8 Å². The average Bonchev–Trinajstić information content (AvgIpc) is 3.28. The molecule has 0 unspecified atom stereocenters. The third kappa shape index (κ3) is 3.69. The molecule has 0 saturated heterocycles. The molecule has 0 N–H and O–H groups in total. The topological polar surface area (TPSA) is 36.2 Å². The van der Waals surface area contributed by atoms with E-state index in [1.165, 1.54) is 11.1 Å². The van der Waals surface area contributed by atoms with Gasteiger partial charge in [-0.15, -0.1) is 0 Å². The van der Waals surface area contributed by atoms with Crippen molar-refractivity contribution in [2.45, 2.75) is 40.2 Å². The summed E-state index contributed by atoms with van der Waals surface area (Å²) in [7, 11) is 2.09. The molecule has 5 aromatic rings. The predicted octanol–water partition coefficient (Wildman–Crippen LogP) is 7.87. The minimum absolute atomic E-state index is 0.372. The number of hydrogen-bond acceptors (Lipinski definition) is 2. The number of carbonyl (C=O) groups excluding carboxylic acids is 1. The maximum absolute atomic E-state index is 13.6. The minimum Gasteiger partial charge on any atom is -0.443 e. The maximum Gasteiger partial charge on any atom is 0.419 e. The molecule has 0 bridgehead atoms. The number of carbonyl (C=O) groups is 1. The molecule has 0 aliphatic heterocycles. The summed E-state index contributed by atoms with van der Waals surface area (Å²) in [4.78, 5) is 13.6. The first-order valence-electron chi connectivity index (χ1n) is 11.6. The van der Waals surface area contributed by atoms with Gasteiger partial charge in [0.1, 0.15) is 5.60 Å². The van der Waals surface area contributed by atoms with Gasteiger partial charge >= 0.3 is 6.09 Å². The van der Waals surface area contributed by atoms with Crippen LogP contribution in [-0.4, -0.2) is 20.8 Å². The average molecular weight is 451 g/mol. The molecule has 2 aromatic heterocycles. The van der Waals surface area contributed by atoms with Gasteiger partial charge in [-0.1, -0.05) is 59.7 Å². The smallest absolute Gasteiger partial charge is 0.419 e. The van der Waals surface area contributed by atoms with Crippen LogP contribution in [0.1, 0.15) is 31.9 Å². The highest BCUT2D eigenvalue weighted by atomic mass is 16.6. The number of nitrogens with zero attached hydrogens (tertiary/aromatic N) is 2. The Kier molecular flexibility index (Phi) is 5.12. The molecular weight excluding hydrogens is 420 g/mol. The van der Waals surface area contributed by atoms with Crippen LogP contribution in [0, 0.1) is 13.8 Å². The van der Waals surface area contributed by atoms with Crippen molar-refractivity contribution >= 4 is 27.9 Å². The van der Waals surface area contributed by atoms with Gasteiger partial charge < -0.3 is 9.30 Å². The van der Waals surface area contributed by atoms with E-state index >= 15 is 0 Å². The highest BCUT2D eigenvalue weighted by Gasteiger charge is 2.27. The quantitative estimate of drug-likeness (QED) is 0.274. The number of ether oxygens (including phenoxy) is 1. The lowest BCUT2D eigenvalue weighted by atomic mass is 10.0. The Labute approximate surface area is 200 Å². The Morgan fingerprint density at radius 3 is 2.21 bits per heavy atom. The molecule has 0 amide bonds. The van der Waals surface area contributed by atoms with Crippen molar-refractivity contribution in [2.75, 3.05) is 0 Å². The molecule has 0 saturated carbocycles. The zero-order valence-corrected chi connectivity index (χ0v) is 20.6. The van der Waals surface area contributed by atoms with Crippen LogP contribution >= 0.6 is 0 Å². The van der Waals surface area contributed by atoms with Crippen molar-refractivity contribution in [1.82, 2.24) is 9.13 Å². The molecule has 0 fully saturated rings. The number of aryl methyl sites for hydroxylation is 3. The van der Waals surface area contributed by atoms with E-state index in [2.05, 4.69) is 74.0 Å². The van der Waals surface area contributed by atoms with Crippen molar-refractivity contribution in [3.8, 4) is 22.5 Å². The molecule has 3 aromatic carbocycles. The van der Waals surface area contributed by atoms with Crippen LogP contribution in [-0.2, 0) is 11.8 Å². The van der Waals surface area contributed by atoms with Crippen LogP contribution in [0.25, 0.3) is 44.3 Å². The third-order valence-corrected chi connectivity index (χ3v) is 6.22. The monoisotopic (exact) mass is 450 g/mol. The van der Waals surface area contributed by atoms with E-state index in [-0.39, 0.29) is 6.09 Å². The second kappa shape index (κ2) is 7.91. The maximum atomic E-state index is 13.6. The molecule has 0 radical (unpaired) electrons. The summed E-state index contributed by atoms with van der Waals surface area (Å²) in [6.45, 7) is 9.89. The minimum atomic E-state index is -0.602. The summed E-state index contributed by atoms with van der Waals surface area (Å²) < 4.78 is 9.83. The van der Waals surface area contributed by atoms with Crippen molar-refractivity contribution in [2.24, 2.45) is 7.05 Å². The molecule has 5 rings (SSSR count). The summed E-state index contributed by atoms with van der Waals surface area (Å²) >= 11 is 0. The van der Waals surface area contributed by atoms with Crippen LogP contribution in [0.2, 0.25) is 0 Å². The van der Waals surface area contributed by atoms with Gasteiger partial charge in [-0.05, 0) is 64.4 Å². The van der Waals surface area contributed by atoms with E-state index in [1.807, 2.05) is 45.0 Å². The summed E-state index contributed by atoms with van der Waals surface area (Å²) in [5, 5.41) is 2.12. The molecule has 4 nitrogen and oxygen atoms in total.